The van der Waals surface area contributed by atoms with Crippen LogP contribution in [0.3, 0.4) is 0 Å². The van der Waals surface area contributed by atoms with Crippen LogP contribution in [-0.4, -0.2) is 44.2 Å². The van der Waals surface area contributed by atoms with Gasteiger partial charge < -0.3 is 9.64 Å². The van der Waals surface area contributed by atoms with Gasteiger partial charge in [0.15, 0.2) is 16.4 Å². The largest absolute Gasteiger partial charge is 0.484 e. The Hall–Kier alpha value is -2.41. The summed E-state index contributed by atoms with van der Waals surface area (Å²) in [6, 6.07) is 13.3. The molecule has 1 aliphatic heterocycles. The number of halogens is 1. The predicted octanol–water partition coefficient (Wildman–Crippen LogP) is 2.67. The van der Waals surface area contributed by atoms with E-state index in [1.54, 1.807) is 35.2 Å². The maximum Gasteiger partial charge on any atom is 0.260 e. The van der Waals surface area contributed by atoms with Crippen molar-refractivity contribution in [1.29, 1.82) is 0 Å². The zero-order valence-corrected chi connectivity index (χ0v) is 15.0. The number of hydrogen-bond acceptors (Lipinski definition) is 4. The number of carbonyl (C=O) groups is 1. The summed E-state index contributed by atoms with van der Waals surface area (Å²) in [5.41, 5.74) is 0. The summed E-state index contributed by atoms with van der Waals surface area (Å²) in [6.45, 7) is 0.314. The molecule has 0 radical (unpaired) electrons. The van der Waals surface area contributed by atoms with Crippen molar-refractivity contribution in [2.45, 2.75) is 23.8 Å². The average Bonchev–Trinajstić information content (AvgIpc) is 3.09. The Kier molecular flexibility index (Phi) is 5.56. The highest BCUT2D eigenvalue weighted by Gasteiger charge is 2.33. The van der Waals surface area contributed by atoms with Crippen molar-refractivity contribution < 1.29 is 22.3 Å². The van der Waals surface area contributed by atoms with Gasteiger partial charge >= 0.3 is 0 Å². The number of carbonyl (C=O) groups excluding carboxylic acids is 1. The summed E-state index contributed by atoms with van der Waals surface area (Å²) in [4.78, 5) is 14.3. The van der Waals surface area contributed by atoms with Crippen molar-refractivity contribution in [3.05, 3.63) is 60.4 Å². The van der Waals surface area contributed by atoms with Gasteiger partial charge in [-0.1, -0.05) is 18.2 Å². The highest BCUT2D eigenvalue weighted by molar-refractivity contribution is 7.91. The lowest BCUT2D eigenvalue weighted by atomic mass is 10.2. The molecule has 1 amide bonds. The van der Waals surface area contributed by atoms with Crippen LogP contribution in [0.15, 0.2) is 59.5 Å². The molecule has 1 aliphatic rings. The second-order valence-electron chi connectivity index (χ2n) is 6.22. The average molecular weight is 377 g/mol. The van der Waals surface area contributed by atoms with Gasteiger partial charge in [-0.25, -0.2) is 12.8 Å². The van der Waals surface area contributed by atoms with E-state index < -0.39 is 9.84 Å². The van der Waals surface area contributed by atoms with Crippen LogP contribution in [0.4, 0.5) is 4.39 Å². The fourth-order valence-corrected chi connectivity index (χ4v) is 4.69. The normalized spacial score (nSPS) is 17.3. The minimum absolute atomic E-state index is 0.0979. The van der Waals surface area contributed by atoms with Crippen molar-refractivity contribution in [1.82, 2.24) is 4.90 Å². The van der Waals surface area contributed by atoms with Crippen LogP contribution in [0.2, 0.25) is 0 Å². The summed E-state index contributed by atoms with van der Waals surface area (Å²) in [5, 5.41) is 0. The number of rotatable bonds is 6. The van der Waals surface area contributed by atoms with Crippen molar-refractivity contribution >= 4 is 15.7 Å². The summed E-state index contributed by atoms with van der Waals surface area (Å²) in [6.07, 6.45) is 1.41. The van der Waals surface area contributed by atoms with Crippen LogP contribution in [0, 0.1) is 5.82 Å². The van der Waals surface area contributed by atoms with Gasteiger partial charge in [0, 0.05) is 12.6 Å². The molecule has 3 rings (SSSR count). The van der Waals surface area contributed by atoms with E-state index in [-0.39, 0.29) is 35.0 Å². The van der Waals surface area contributed by atoms with Gasteiger partial charge in [0.25, 0.3) is 5.91 Å². The molecule has 7 heteroatoms. The molecule has 0 aliphatic carbocycles. The van der Waals surface area contributed by atoms with Crippen molar-refractivity contribution in [2.75, 3.05) is 18.9 Å². The zero-order chi connectivity index (χ0) is 18.6. The molecule has 1 fully saturated rings. The van der Waals surface area contributed by atoms with E-state index >= 15 is 0 Å². The molecule has 26 heavy (non-hydrogen) atoms. The molecule has 0 spiro atoms. The minimum atomic E-state index is -3.46. The fraction of sp³-hybridized carbons (Fsp3) is 0.316. The first-order valence-electron chi connectivity index (χ1n) is 8.41. The SMILES string of the molecule is O=C(COc1ccc(F)cc1)N1CCCC1CS(=O)(=O)c1ccccc1. The topological polar surface area (TPSA) is 63.7 Å². The smallest absolute Gasteiger partial charge is 0.260 e. The van der Waals surface area contributed by atoms with Crippen LogP contribution in [0.25, 0.3) is 0 Å². The number of amides is 1. The van der Waals surface area contributed by atoms with E-state index in [0.29, 0.717) is 18.7 Å². The number of sulfone groups is 1. The van der Waals surface area contributed by atoms with Crippen LogP contribution in [0.1, 0.15) is 12.8 Å². The van der Waals surface area contributed by atoms with Gasteiger partial charge in [-0.15, -0.1) is 0 Å². The number of ether oxygens (including phenoxy) is 1. The van der Waals surface area contributed by atoms with Crippen LogP contribution in [0.5, 0.6) is 5.75 Å². The van der Waals surface area contributed by atoms with Crippen LogP contribution >= 0.6 is 0 Å². The molecule has 1 saturated heterocycles. The molecule has 2 aromatic rings. The lowest BCUT2D eigenvalue weighted by molar-refractivity contribution is -0.133. The number of nitrogens with zero attached hydrogens (tertiary/aromatic N) is 1. The first kappa shape index (κ1) is 18.4. The van der Waals surface area contributed by atoms with E-state index in [4.69, 9.17) is 4.74 Å². The van der Waals surface area contributed by atoms with Crippen molar-refractivity contribution in [2.24, 2.45) is 0 Å². The third-order valence-electron chi connectivity index (χ3n) is 4.39. The number of hydrogen-bond donors (Lipinski definition) is 0. The van der Waals surface area contributed by atoms with E-state index in [1.807, 2.05) is 0 Å². The molecule has 2 aromatic carbocycles. The third-order valence-corrected chi connectivity index (χ3v) is 6.20. The Morgan fingerprint density at radius 3 is 2.50 bits per heavy atom. The Labute approximate surface area is 152 Å². The highest BCUT2D eigenvalue weighted by Crippen LogP contribution is 2.22. The monoisotopic (exact) mass is 377 g/mol. The van der Waals surface area contributed by atoms with E-state index in [1.165, 1.54) is 24.3 Å². The van der Waals surface area contributed by atoms with Gasteiger partial charge in [0.2, 0.25) is 0 Å². The molecular formula is C19H20FNO4S. The summed E-state index contributed by atoms with van der Waals surface area (Å²) < 4.78 is 43.4. The van der Waals surface area contributed by atoms with Gasteiger partial charge in [0.1, 0.15) is 11.6 Å². The van der Waals surface area contributed by atoms with Gasteiger partial charge in [-0.2, -0.15) is 0 Å². The van der Waals surface area contributed by atoms with Crippen molar-refractivity contribution in [3.8, 4) is 5.75 Å². The van der Waals surface area contributed by atoms with Crippen molar-refractivity contribution in [3.63, 3.8) is 0 Å². The van der Waals surface area contributed by atoms with E-state index in [9.17, 15) is 17.6 Å². The third kappa shape index (κ3) is 4.40. The summed E-state index contributed by atoms with van der Waals surface area (Å²) in [5.74, 6) is -0.346. The Balaban J connectivity index is 1.62. The van der Waals surface area contributed by atoms with E-state index in [2.05, 4.69) is 0 Å². The Morgan fingerprint density at radius 2 is 1.81 bits per heavy atom. The summed E-state index contributed by atoms with van der Waals surface area (Å²) in [7, 11) is -3.46. The van der Waals surface area contributed by atoms with E-state index in [0.717, 1.165) is 6.42 Å². The first-order chi connectivity index (χ1) is 12.5. The molecule has 1 atom stereocenters. The van der Waals surface area contributed by atoms with Gasteiger partial charge in [-0.05, 0) is 49.2 Å². The number of likely N-dealkylation sites (tertiary alicyclic amines) is 1. The minimum Gasteiger partial charge on any atom is -0.484 e. The highest BCUT2D eigenvalue weighted by atomic mass is 32.2. The number of benzene rings is 2. The summed E-state index contributed by atoms with van der Waals surface area (Å²) >= 11 is 0. The van der Waals surface area contributed by atoms with Crippen LogP contribution in [-0.2, 0) is 14.6 Å². The molecular weight excluding hydrogens is 357 g/mol. The maximum absolute atomic E-state index is 12.9. The van der Waals surface area contributed by atoms with Gasteiger partial charge in [0.05, 0.1) is 10.6 Å². The maximum atomic E-state index is 12.9. The lowest BCUT2D eigenvalue weighted by Gasteiger charge is -2.24. The molecule has 0 saturated carbocycles. The zero-order valence-electron chi connectivity index (χ0n) is 14.2. The molecule has 1 heterocycles. The standard InChI is InChI=1S/C19H20FNO4S/c20-15-8-10-17(11-9-15)25-13-19(22)21-12-4-5-16(21)14-26(23,24)18-6-2-1-3-7-18/h1-3,6-11,16H,4-5,12-14H2. The fourth-order valence-electron chi connectivity index (χ4n) is 3.07. The molecule has 5 nitrogen and oxygen atoms in total. The Morgan fingerprint density at radius 1 is 1.12 bits per heavy atom. The molecule has 0 bridgehead atoms. The lowest BCUT2D eigenvalue weighted by Crippen LogP contribution is -2.42. The van der Waals surface area contributed by atoms with Gasteiger partial charge in [-0.3, -0.25) is 4.79 Å². The predicted molar refractivity (Wildman–Crippen MR) is 95.1 cm³/mol. The molecule has 138 valence electrons. The molecule has 0 N–H and O–H groups in total. The molecule has 1 unspecified atom stereocenters. The Bertz CT molecular complexity index is 853. The molecule has 0 aromatic heterocycles. The quantitative estimate of drug-likeness (QED) is 0.776. The second-order valence-corrected chi connectivity index (χ2v) is 8.25. The van der Waals surface area contributed by atoms with Crippen LogP contribution < -0.4 is 4.74 Å². The first-order valence-corrected chi connectivity index (χ1v) is 10.1. The second kappa shape index (κ2) is 7.86.